The van der Waals surface area contributed by atoms with Gasteiger partial charge in [-0.3, -0.25) is 14.4 Å². The number of aliphatic carboxylic acids is 1. The maximum Gasteiger partial charge on any atom is 0.305 e. The lowest BCUT2D eigenvalue weighted by atomic mass is 9.99. The molecule has 1 heterocycles. The van der Waals surface area contributed by atoms with Gasteiger partial charge in [0.05, 0.1) is 6.42 Å². The molecule has 2 amide bonds. The van der Waals surface area contributed by atoms with Crippen LogP contribution in [0.3, 0.4) is 0 Å². The SMILES string of the molecule is O=C(O)C[C@@H](Cc1ccc(-c2cccc(Cl)c2)cc1)NC(=O)C1=CC(=O)NC1. The Morgan fingerprint density at radius 3 is 2.50 bits per heavy atom. The molecule has 3 N–H and O–H groups in total. The number of halogens is 1. The van der Waals surface area contributed by atoms with Crippen molar-refractivity contribution in [2.24, 2.45) is 0 Å². The normalized spacial score (nSPS) is 14.2. The zero-order valence-corrected chi connectivity index (χ0v) is 15.7. The molecule has 0 aromatic heterocycles. The predicted octanol–water partition coefficient (Wildman–Crippen LogP) is 2.57. The van der Waals surface area contributed by atoms with E-state index in [4.69, 9.17) is 16.7 Å². The van der Waals surface area contributed by atoms with E-state index in [1.165, 1.54) is 6.08 Å². The lowest BCUT2D eigenvalue weighted by Gasteiger charge is -2.17. The molecule has 7 heteroatoms. The Morgan fingerprint density at radius 2 is 1.89 bits per heavy atom. The van der Waals surface area contributed by atoms with E-state index in [9.17, 15) is 14.4 Å². The highest BCUT2D eigenvalue weighted by Crippen LogP contribution is 2.23. The molecule has 2 aromatic carbocycles. The largest absolute Gasteiger partial charge is 0.481 e. The number of carboxylic acids is 1. The summed E-state index contributed by atoms with van der Waals surface area (Å²) >= 11 is 6.03. The zero-order valence-electron chi connectivity index (χ0n) is 14.9. The van der Waals surface area contributed by atoms with Crippen LogP contribution in [0.25, 0.3) is 11.1 Å². The summed E-state index contributed by atoms with van der Waals surface area (Å²) in [4.78, 5) is 34.7. The molecule has 1 aliphatic rings. The van der Waals surface area contributed by atoms with E-state index < -0.39 is 17.9 Å². The fraction of sp³-hybridized carbons (Fsp3) is 0.190. The van der Waals surface area contributed by atoms with E-state index in [0.29, 0.717) is 17.0 Å². The third-order valence-electron chi connectivity index (χ3n) is 4.40. The quantitative estimate of drug-likeness (QED) is 0.668. The van der Waals surface area contributed by atoms with Crippen LogP contribution in [-0.4, -0.2) is 35.5 Å². The molecular weight excluding hydrogens is 380 g/mol. The van der Waals surface area contributed by atoms with Gasteiger partial charge in [0, 0.05) is 29.3 Å². The highest BCUT2D eigenvalue weighted by molar-refractivity contribution is 6.30. The van der Waals surface area contributed by atoms with E-state index in [1.54, 1.807) is 0 Å². The van der Waals surface area contributed by atoms with Crippen molar-refractivity contribution in [1.82, 2.24) is 10.6 Å². The second-order valence-corrected chi connectivity index (χ2v) is 7.00. The molecule has 0 unspecified atom stereocenters. The van der Waals surface area contributed by atoms with E-state index in [1.807, 2.05) is 48.5 Å². The van der Waals surface area contributed by atoms with Gasteiger partial charge in [-0.25, -0.2) is 0 Å². The van der Waals surface area contributed by atoms with Crippen LogP contribution in [0.2, 0.25) is 5.02 Å². The van der Waals surface area contributed by atoms with E-state index in [-0.39, 0.29) is 18.9 Å². The number of rotatable bonds is 7. The minimum Gasteiger partial charge on any atom is -0.481 e. The fourth-order valence-corrected chi connectivity index (χ4v) is 3.23. The van der Waals surface area contributed by atoms with Crippen LogP contribution in [0.1, 0.15) is 12.0 Å². The summed E-state index contributed by atoms with van der Waals surface area (Å²) in [5, 5.41) is 15.0. The molecule has 0 aliphatic carbocycles. The van der Waals surface area contributed by atoms with Gasteiger partial charge in [0.15, 0.2) is 0 Å². The highest BCUT2D eigenvalue weighted by atomic mass is 35.5. The van der Waals surface area contributed by atoms with Gasteiger partial charge in [-0.1, -0.05) is 48.0 Å². The molecule has 1 atom stereocenters. The first-order valence-corrected chi connectivity index (χ1v) is 9.14. The van der Waals surface area contributed by atoms with Crippen molar-refractivity contribution >= 4 is 29.4 Å². The summed E-state index contributed by atoms with van der Waals surface area (Å²) in [7, 11) is 0. The zero-order chi connectivity index (χ0) is 20.1. The molecule has 0 saturated heterocycles. The Hall–Kier alpha value is -3.12. The molecule has 1 aliphatic heterocycles. The molecule has 144 valence electrons. The summed E-state index contributed by atoms with van der Waals surface area (Å²) in [5.41, 5.74) is 3.18. The Bertz CT molecular complexity index is 938. The second kappa shape index (κ2) is 8.71. The van der Waals surface area contributed by atoms with Crippen molar-refractivity contribution in [2.75, 3.05) is 6.54 Å². The third-order valence-corrected chi connectivity index (χ3v) is 4.64. The Morgan fingerprint density at radius 1 is 1.14 bits per heavy atom. The molecule has 28 heavy (non-hydrogen) atoms. The number of carbonyl (C=O) groups is 3. The van der Waals surface area contributed by atoms with Gasteiger partial charge in [-0.05, 0) is 35.2 Å². The van der Waals surface area contributed by atoms with Crippen molar-refractivity contribution in [3.8, 4) is 11.1 Å². The smallest absolute Gasteiger partial charge is 0.305 e. The minimum absolute atomic E-state index is 0.152. The Kier molecular flexibility index (Phi) is 6.11. The van der Waals surface area contributed by atoms with Crippen molar-refractivity contribution in [3.63, 3.8) is 0 Å². The summed E-state index contributed by atoms with van der Waals surface area (Å²) in [5.74, 6) is -1.76. The monoisotopic (exact) mass is 398 g/mol. The maximum absolute atomic E-state index is 12.3. The predicted molar refractivity (Wildman–Crippen MR) is 106 cm³/mol. The van der Waals surface area contributed by atoms with E-state index in [0.717, 1.165) is 16.7 Å². The molecule has 0 saturated carbocycles. The molecule has 0 fully saturated rings. The summed E-state index contributed by atoms with van der Waals surface area (Å²) in [6.45, 7) is 0.152. The molecule has 0 bridgehead atoms. The average molecular weight is 399 g/mol. The van der Waals surface area contributed by atoms with Gasteiger partial charge in [-0.2, -0.15) is 0 Å². The van der Waals surface area contributed by atoms with Crippen molar-refractivity contribution < 1.29 is 19.5 Å². The minimum atomic E-state index is -1.00. The summed E-state index contributed by atoms with van der Waals surface area (Å²) in [6, 6.07) is 14.6. The first kappa shape index (κ1) is 19.6. The molecular formula is C21H19ClN2O4. The van der Waals surface area contributed by atoms with Gasteiger partial charge >= 0.3 is 5.97 Å². The molecule has 0 radical (unpaired) electrons. The van der Waals surface area contributed by atoms with Gasteiger partial charge in [-0.15, -0.1) is 0 Å². The molecule has 6 nitrogen and oxygen atoms in total. The number of hydrogen-bond acceptors (Lipinski definition) is 3. The summed E-state index contributed by atoms with van der Waals surface area (Å²) < 4.78 is 0. The Balaban J connectivity index is 1.70. The lowest BCUT2D eigenvalue weighted by molar-refractivity contribution is -0.137. The lowest BCUT2D eigenvalue weighted by Crippen LogP contribution is -2.39. The first-order valence-electron chi connectivity index (χ1n) is 8.76. The van der Waals surface area contributed by atoms with Crippen LogP contribution in [-0.2, 0) is 20.8 Å². The van der Waals surface area contributed by atoms with Gasteiger partial charge in [0.2, 0.25) is 11.8 Å². The highest BCUT2D eigenvalue weighted by Gasteiger charge is 2.22. The van der Waals surface area contributed by atoms with E-state index in [2.05, 4.69) is 10.6 Å². The van der Waals surface area contributed by atoms with Crippen LogP contribution in [0.15, 0.2) is 60.2 Å². The third kappa shape index (κ3) is 5.20. The number of carboxylic acid groups (broad SMARTS) is 1. The molecule has 3 rings (SSSR count). The van der Waals surface area contributed by atoms with Crippen molar-refractivity contribution in [2.45, 2.75) is 18.9 Å². The topological polar surface area (TPSA) is 95.5 Å². The number of benzene rings is 2. The number of amides is 2. The van der Waals surface area contributed by atoms with Crippen LogP contribution in [0, 0.1) is 0 Å². The van der Waals surface area contributed by atoms with Crippen LogP contribution in [0.4, 0.5) is 0 Å². The van der Waals surface area contributed by atoms with Gasteiger partial charge < -0.3 is 15.7 Å². The number of hydrogen-bond donors (Lipinski definition) is 3. The average Bonchev–Trinajstić information content (AvgIpc) is 3.08. The van der Waals surface area contributed by atoms with Crippen LogP contribution < -0.4 is 10.6 Å². The molecule has 0 spiro atoms. The number of carbonyl (C=O) groups excluding carboxylic acids is 2. The standard InChI is InChI=1S/C21H19ClN2O4/c22-17-3-1-2-15(9-17)14-6-4-13(5-7-14)8-18(11-20(26)27)24-21(28)16-10-19(25)23-12-16/h1-7,9-10,18H,8,11-12H2,(H,23,25)(H,24,28)(H,26,27)/t18-/m1/s1. The first-order chi connectivity index (χ1) is 13.4. The second-order valence-electron chi connectivity index (χ2n) is 6.57. The fourth-order valence-electron chi connectivity index (χ4n) is 3.04. The van der Waals surface area contributed by atoms with Crippen LogP contribution in [0.5, 0.6) is 0 Å². The summed E-state index contributed by atoms with van der Waals surface area (Å²) in [6.07, 6.45) is 1.38. The van der Waals surface area contributed by atoms with Crippen molar-refractivity contribution in [1.29, 1.82) is 0 Å². The maximum atomic E-state index is 12.3. The van der Waals surface area contributed by atoms with Gasteiger partial charge in [0.25, 0.3) is 0 Å². The van der Waals surface area contributed by atoms with Gasteiger partial charge in [0.1, 0.15) is 0 Å². The Labute approximate surface area is 167 Å². The van der Waals surface area contributed by atoms with Crippen molar-refractivity contribution in [3.05, 3.63) is 70.8 Å². The molecule has 2 aromatic rings. The van der Waals surface area contributed by atoms with Crippen LogP contribution >= 0.6 is 11.6 Å². The number of nitrogens with one attached hydrogen (secondary N) is 2. The van der Waals surface area contributed by atoms with E-state index >= 15 is 0 Å².